The van der Waals surface area contributed by atoms with Crippen LogP contribution in [0.5, 0.6) is 0 Å². The van der Waals surface area contributed by atoms with Crippen molar-refractivity contribution in [1.29, 1.82) is 0 Å². The Morgan fingerprint density at radius 3 is 2.43 bits per heavy atom. The van der Waals surface area contributed by atoms with Gasteiger partial charge in [-0.3, -0.25) is 9.78 Å². The van der Waals surface area contributed by atoms with E-state index in [1.807, 2.05) is 0 Å². The van der Waals surface area contributed by atoms with Gasteiger partial charge < -0.3 is 4.90 Å². The number of piperidine rings is 1. The highest BCUT2D eigenvalue weighted by molar-refractivity contribution is 7.91. The Hall–Kier alpha value is -2.80. The van der Waals surface area contributed by atoms with E-state index in [1.54, 1.807) is 23.1 Å². The second kappa shape index (κ2) is 7.31. The van der Waals surface area contributed by atoms with Crippen LogP contribution in [0.25, 0.3) is 10.9 Å². The van der Waals surface area contributed by atoms with E-state index in [1.165, 1.54) is 30.5 Å². The summed E-state index contributed by atoms with van der Waals surface area (Å²) < 4.78 is 40.9. The maximum Gasteiger partial charge on any atom is 0.256 e. The minimum atomic E-state index is -4.05. The molecule has 28 heavy (non-hydrogen) atoms. The molecule has 144 valence electrons. The molecule has 0 saturated carbocycles. The van der Waals surface area contributed by atoms with Crippen LogP contribution < -0.4 is 0 Å². The molecule has 0 spiro atoms. The van der Waals surface area contributed by atoms with Crippen LogP contribution >= 0.6 is 0 Å². The zero-order chi connectivity index (χ0) is 19.7. The number of hydrogen-bond acceptors (Lipinski definition) is 4. The number of rotatable bonds is 3. The van der Waals surface area contributed by atoms with Crippen LogP contribution in [-0.2, 0) is 9.84 Å². The number of aromatic nitrogens is 1. The van der Waals surface area contributed by atoms with E-state index in [4.69, 9.17) is 0 Å². The molecule has 0 unspecified atom stereocenters. The average Bonchev–Trinajstić information content (AvgIpc) is 2.73. The van der Waals surface area contributed by atoms with Crippen LogP contribution in [0.1, 0.15) is 29.6 Å². The molecule has 3 aromatic rings. The highest BCUT2D eigenvalue weighted by atomic mass is 32.2. The number of nitrogens with zero attached hydrogens (tertiary/aromatic N) is 2. The number of carbonyl (C=O) groups excluding carboxylic acids is 1. The molecular weight excluding hydrogens is 379 g/mol. The lowest BCUT2D eigenvalue weighted by molar-refractivity contribution is 0.0720. The summed E-state index contributed by atoms with van der Waals surface area (Å²) in [4.78, 5) is 18.9. The molecule has 4 rings (SSSR count). The van der Waals surface area contributed by atoms with Crippen LogP contribution in [0.15, 0.2) is 64.5 Å². The third kappa shape index (κ3) is 3.26. The van der Waals surface area contributed by atoms with E-state index < -0.39 is 15.7 Å². The fourth-order valence-electron chi connectivity index (χ4n) is 3.57. The summed E-state index contributed by atoms with van der Waals surface area (Å²) in [5.41, 5.74) is 0.315. The van der Waals surface area contributed by atoms with Gasteiger partial charge in [-0.15, -0.1) is 0 Å². The zero-order valence-electron chi connectivity index (χ0n) is 15.1. The van der Waals surface area contributed by atoms with Gasteiger partial charge in [-0.25, -0.2) is 12.8 Å². The summed E-state index contributed by atoms with van der Waals surface area (Å²) in [5.74, 6) is -0.964. The largest absolute Gasteiger partial charge is 0.339 e. The zero-order valence-corrected chi connectivity index (χ0v) is 16.0. The predicted octanol–water partition coefficient (Wildman–Crippen LogP) is 3.83. The minimum absolute atomic E-state index is 0.0103. The van der Waals surface area contributed by atoms with E-state index in [9.17, 15) is 17.6 Å². The van der Waals surface area contributed by atoms with Crippen molar-refractivity contribution in [2.45, 2.75) is 29.1 Å². The Kier molecular flexibility index (Phi) is 4.85. The van der Waals surface area contributed by atoms with Gasteiger partial charge in [0.1, 0.15) is 5.82 Å². The second-order valence-corrected chi connectivity index (χ2v) is 8.72. The van der Waals surface area contributed by atoms with Gasteiger partial charge in [0.15, 0.2) is 0 Å². The van der Waals surface area contributed by atoms with Gasteiger partial charge in [0.2, 0.25) is 9.84 Å². The molecule has 1 amide bonds. The Balaban J connectivity index is 1.98. The molecule has 7 heteroatoms. The van der Waals surface area contributed by atoms with Crippen molar-refractivity contribution in [3.63, 3.8) is 0 Å². The number of amides is 1. The molecule has 1 fully saturated rings. The van der Waals surface area contributed by atoms with Crippen LogP contribution in [0.2, 0.25) is 0 Å². The first-order valence-corrected chi connectivity index (χ1v) is 10.6. The number of halogens is 1. The maximum absolute atomic E-state index is 14.0. The molecule has 5 nitrogen and oxygen atoms in total. The molecule has 1 saturated heterocycles. The summed E-state index contributed by atoms with van der Waals surface area (Å²) in [6.07, 6.45) is 4.09. The number of hydrogen-bond donors (Lipinski definition) is 0. The molecule has 2 heterocycles. The first kappa shape index (κ1) is 18.6. The normalized spacial score (nSPS) is 15.0. The Labute approximate surface area is 162 Å². The molecule has 0 bridgehead atoms. The molecule has 2 aromatic carbocycles. The first-order chi connectivity index (χ1) is 13.5. The van der Waals surface area contributed by atoms with E-state index in [0.717, 1.165) is 25.3 Å². The number of carbonyl (C=O) groups is 1. The predicted molar refractivity (Wildman–Crippen MR) is 103 cm³/mol. The smallest absolute Gasteiger partial charge is 0.256 e. The Bertz CT molecular complexity index is 1140. The van der Waals surface area contributed by atoms with Crippen molar-refractivity contribution in [2.24, 2.45) is 0 Å². The highest BCUT2D eigenvalue weighted by Crippen LogP contribution is 2.32. The monoisotopic (exact) mass is 398 g/mol. The van der Waals surface area contributed by atoms with Crippen molar-refractivity contribution >= 4 is 26.6 Å². The molecule has 1 aliphatic heterocycles. The Morgan fingerprint density at radius 2 is 1.71 bits per heavy atom. The van der Waals surface area contributed by atoms with E-state index >= 15 is 0 Å². The molecule has 0 N–H and O–H groups in total. The lowest BCUT2D eigenvalue weighted by Gasteiger charge is -2.27. The maximum atomic E-state index is 14.0. The lowest BCUT2D eigenvalue weighted by Crippen LogP contribution is -2.36. The summed E-state index contributed by atoms with van der Waals surface area (Å²) in [5, 5.41) is 0.117. The summed E-state index contributed by atoms with van der Waals surface area (Å²) in [7, 11) is -4.05. The number of fused-ring (bicyclic) bond motifs is 1. The number of pyridine rings is 1. The van der Waals surface area contributed by atoms with Gasteiger partial charge in [-0.2, -0.15) is 0 Å². The quantitative estimate of drug-likeness (QED) is 0.672. The van der Waals surface area contributed by atoms with Crippen molar-refractivity contribution in [1.82, 2.24) is 9.88 Å². The number of benzene rings is 2. The topological polar surface area (TPSA) is 67.3 Å². The highest BCUT2D eigenvalue weighted by Gasteiger charge is 2.30. The lowest BCUT2D eigenvalue weighted by atomic mass is 10.1. The standard InChI is InChI=1S/C21H19FN2O3S/c22-15-9-10-19-17(13-15)20(28(26,27)16-7-3-1-4-8-16)18(14-23-19)21(25)24-11-5-2-6-12-24/h1,3-4,7-10,13-14H,2,5-6,11-12H2. The minimum Gasteiger partial charge on any atom is -0.339 e. The second-order valence-electron chi connectivity index (χ2n) is 6.83. The Morgan fingerprint density at radius 1 is 1.00 bits per heavy atom. The van der Waals surface area contributed by atoms with E-state index in [-0.39, 0.29) is 26.6 Å². The molecule has 0 radical (unpaired) electrons. The van der Waals surface area contributed by atoms with Crippen LogP contribution in [0, 0.1) is 5.82 Å². The average molecular weight is 398 g/mol. The number of likely N-dealkylation sites (tertiary alicyclic amines) is 1. The van der Waals surface area contributed by atoms with Crippen LogP contribution in [0.4, 0.5) is 4.39 Å². The SMILES string of the molecule is O=C(c1cnc2ccc(F)cc2c1S(=O)(=O)c1ccccc1)N1CCCCC1. The van der Waals surface area contributed by atoms with E-state index in [2.05, 4.69) is 4.98 Å². The van der Waals surface area contributed by atoms with Crippen molar-refractivity contribution < 1.29 is 17.6 Å². The van der Waals surface area contributed by atoms with Gasteiger partial charge in [0, 0.05) is 24.7 Å². The fraction of sp³-hybridized carbons (Fsp3) is 0.238. The third-order valence-electron chi connectivity index (χ3n) is 4.98. The third-order valence-corrected chi connectivity index (χ3v) is 6.85. The summed E-state index contributed by atoms with van der Waals surface area (Å²) >= 11 is 0. The van der Waals surface area contributed by atoms with Gasteiger partial charge in [0.25, 0.3) is 5.91 Å². The van der Waals surface area contributed by atoms with Crippen molar-refractivity contribution in [3.8, 4) is 0 Å². The van der Waals surface area contributed by atoms with Crippen molar-refractivity contribution in [3.05, 3.63) is 66.1 Å². The molecule has 1 aliphatic rings. The number of sulfone groups is 1. The van der Waals surface area contributed by atoms with Gasteiger partial charge >= 0.3 is 0 Å². The van der Waals surface area contributed by atoms with Crippen molar-refractivity contribution in [2.75, 3.05) is 13.1 Å². The molecule has 1 aromatic heterocycles. The summed E-state index contributed by atoms with van der Waals surface area (Å²) in [6.45, 7) is 1.15. The molecular formula is C21H19FN2O3S. The van der Waals surface area contributed by atoms with Gasteiger partial charge in [-0.05, 0) is 49.6 Å². The first-order valence-electron chi connectivity index (χ1n) is 9.16. The van der Waals surface area contributed by atoms with Gasteiger partial charge in [0.05, 0.1) is 20.9 Å². The van der Waals surface area contributed by atoms with E-state index in [0.29, 0.717) is 18.6 Å². The fourth-order valence-corrected chi connectivity index (χ4v) is 5.20. The van der Waals surface area contributed by atoms with Crippen LogP contribution in [0.3, 0.4) is 0 Å². The van der Waals surface area contributed by atoms with Gasteiger partial charge in [-0.1, -0.05) is 18.2 Å². The molecule has 0 aliphatic carbocycles. The van der Waals surface area contributed by atoms with Crippen LogP contribution in [-0.4, -0.2) is 37.3 Å². The summed E-state index contributed by atoms with van der Waals surface area (Å²) in [6, 6.07) is 11.6. The molecule has 0 atom stereocenters.